The number of carbonyl (C=O) groups excluding carboxylic acids is 1. The molecule has 0 atom stereocenters. The van der Waals surface area contributed by atoms with Crippen LogP contribution in [0.4, 0.5) is 24.0 Å². The van der Waals surface area contributed by atoms with E-state index in [9.17, 15) is 26.4 Å². The van der Waals surface area contributed by atoms with Gasteiger partial charge in [0.05, 0.1) is 21.7 Å². The Kier molecular flexibility index (Phi) is 6.30. The molecule has 4 rings (SSSR count). The maximum atomic E-state index is 13.1. The first-order chi connectivity index (χ1) is 15.6. The van der Waals surface area contributed by atoms with Gasteiger partial charge in [-0.3, -0.25) is 9.52 Å². The van der Waals surface area contributed by atoms with Gasteiger partial charge in [0.15, 0.2) is 5.13 Å². The summed E-state index contributed by atoms with van der Waals surface area (Å²) in [4.78, 5) is 20.5. The number of piperazine rings is 1. The van der Waals surface area contributed by atoms with Crippen molar-refractivity contribution in [3.05, 3.63) is 71.2 Å². The molecule has 0 radical (unpaired) electrons. The lowest BCUT2D eigenvalue weighted by Crippen LogP contribution is -2.48. The van der Waals surface area contributed by atoms with Crippen molar-refractivity contribution in [2.75, 3.05) is 35.8 Å². The Morgan fingerprint density at radius 3 is 2.42 bits per heavy atom. The van der Waals surface area contributed by atoms with E-state index in [1.54, 1.807) is 23.2 Å². The Balaban J connectivity index is 1.53. The van der Waals surface area contributed by atoms with Gasteiger partial charge in [0.25, 0.3) is 15.9 Å². The highest BCUT2D eigenvalue weighted by molar-refractivity contribution is 7.92. The molecule has 1 aliphatic heterocycles. The Morgan fingerprint density at radius 2 is 1.76 bits per heavy atom. The van der Waals surface area contributed by atoms with Crippen molar-refractivity contribution in [1.29, 1.82) is 0 Å². The molecule has 33 heavy (non-hydrogen) atoms. The quantitative estimate of drug-likeness (QED) is 0.579. The molecule has 1 amide bonds. The summed E-state index contributed by atoms with van der Waals surface area (Å²) in [5, 5.41) is 2.75. The summed E-state index contributed by atoms with van der Waals surface area (Å²) < 4.78 is 66.9. The lowest BCUT2D eigenvalue weighted by atomic mass is 10.1. The molecule has 0 aliphatic carbocycles. The van der Waals surface area contributed by atoms with Gasteiger partial charge in [-0.2, -0.15) is 13.2 Å². The number of halogens is 3. The van der Waals surface area contributed by atoms with E-state index in [0.29, 0.717) is 32.2 Å². The maximum absolute atomic E-state index is 13.1. The van der Waals surface area contributed by atoms with Crippen molar-refractivity contribution in [2.45, 2.75) is 11.1 Å². The molecule has 1 aromatic heterocycles. The van der Waals surface area contributed by atoms with Gasteiger partial charge in [0.2, 0.25) is 0 Å². The van der Waals surface area contributed by atoms with E-state index in [1.807, 2.05) is 5.38 Å². The van der Waals surface area contributed by atoms with Crippen molar-refractivity contribution in [3.63, 3.8) is 0 Å². The Labute approximate surface area is 192 Å². The zero-order valence-corrected chi connectivity index (χ0v) is 18.8. The molecule has 0 spiro atoms. The van der Waals surface area contributed by atoms with E-state index < -0.39 is 26.7 Å². The van der Waals surface area contributed by atoms with Crippen LogP contribution in [-0.4, -0.2) is 50.4 Å². The Bertz CT molecular complexity index is 1240. The average molecular weight is 497 g/mol. The van der Waals surface area contributed by atoms with E-state index >= 15 is 0 Å². The first kappa shape index (κ1) is 23.1. The van der Waals surface area contributed by atoms with Crippen LogP contribution >= 0.6 is 11.3 Å². The van der Waals surface area contributed by atoms with E-state index in [2.05, 4.69) is 14.6 Å². The summed E-state index contributed by atoms with van der Waals surface area (Å²) in [7, 11) is -4.36. The summed E-state index contributed by atoms with van der Waals surface area (Å²) in [5.74, 6) is -0.365. The predicted octanol–water partition coefficient (Wildman–Crippen LogP) is 3.93. The monoisotopic (exact) mass is 496 g/mol. The fourth-order valence-electron chi connectivity index (χ4n) is 3.45. The SMILES string of the molecule is O=C(c1ccccc1NS(=O)(=O)c1cccc(C(F)(F)F)c1)N1CCN(c2nccs2)CC1. The molecule has 0 unspecified atom stereocenters. The van der Waals surface area contributed by atoms with Crippen LogP contribution in [0.15, 0.2) is 65.0 Å². The van der Waals surface area contributed by atoms with Gasteiger partial charge < -0.3 is 9.80 Å². The normalized spacial score (nSPS) is 14.9. The summed E-state index contributed by atoms with van der Waals surface area (Å²) >= 11 is 1.51. The lowest BCUT2D eigenvalue weighted by Gasteiger charge is -2.34. The molecule has 1 fully saturated rings. The number of nitrogens with one attached hydrogen (secondary N) is 1. The number of hydrogen-bond acceptors (Lipinski definition) is 6. The highest BCUT2D eigenvalue weighted by Gasteiger charge is 2.32. The molecule has 0 saturated carbocycles. The molecule has 174 valence electrons. The number of rotatable bonds is 5. The van der Waals surface area contributed by atoms with Gasteiger partial charge in [-0.15, -0.1) is 11.3 Å². The molecular weight excluding hydrogens is 477 g/mol. The average Bonchev–Trinajstić information content (AvgIpc) is 3.33. The minimum atomic E-state index is -4.68. The predicted molar refractivity (Wildman–Crippen MR) is 119 cm³/mol. The number of thiazole rings is 1. The number of carbonyl (C=O) groups is 1. The standard InChI is InChI=1S/C21H19F3N4O3S2/c22-21(23,24)15-4-3-5-16(14-15)33(30,31)26-18-7-2-1-6-17(18)19(29)27-9-11-28(12-10-27)20-25-8-13-32-20/h1-8,13-14,26H,9-12H2. The van der Waals surface area contributed by atoms with Crippen LogP contribution < -0.4 is 9.62 Å². The Morgan fingerprint density at radius 1 is 1.03 bits per heavy atom. The summed E-state index contributed by atoms with van der Waals surface area (Å²) in [6, 6.07) is 9.48. The third-order valence-electron chi connectivity index (χ3n) is 5.13. The lowest BCUT2D eigenvalue weighted by molar-refractivity contribution is -0.137. The fourth-order valence-corrected chi connectivity index (χ4v) is 5.27. The summed E-state index contributed by atoms with van der Waals surface area (Å²) in [5.41, 5.74) is -0.953. The molecule has 7 nitrogen and oxygen atoms in total. The molecule has 12 heteroatoms. The van der Waals surface area contributed by atoms with Gasteiger partial charge in [-0.1, -0.05) is 18.2 Å². The van der Waals surface area contributed by atoms with Crippen molar-refractivity contribution in [1.82, 2.24) is 9.88 Å². The number of benzene rings is 2. The maximum Gasteiger partial charge on any atom is 0.416 e. The van der Waals surface area contributed by atoms with Gasteiger partial charge >= 0.3 is 6.18 Å². The van der Waals surface area contributed by atoms with Crippen LogP contribution in [0.2, 0.25) is 0 Å². The number of alkyl halides is 3. The third-order valence-corrected chi connectivity index (χ3v) is 7.33. The minimum absolute atomic E-state index is 0.00210. The first-order valence-corrected chi connectivity index (χ1v) is 12.2. The van der Waals surface area contributed by atoms with Crippen LogP contribution in [0, 0.1) is 0 Å². The molecule has 0 bridgehead atoms. The van der Waals surface area contributed by atoms with E-state index in [-0.39, 0.29) is 17.2 Å². The van der Waals surface area contributed by atoms with Gasteiger partial charge in [0.1, 0.15) is 0 Å². The van der Waals surface area contributed by atoms with Crippen molar-refractivity contribution in [2.24, 2.45) is 0 Å². The smallest absolute Gasteiger partial charge is 0.345 e. The number of anilines is 2. The van der Waals surface area contributed by atoms with E-state index in [4.69, 9.17) is 0 Å². The number of sulfonamides is 1. The molecule has 2 aromatic carbocycles. The molecule has 1 aliphatic rings. The van der Waals surface area contributed by atoms with Crippen LogP contribution in [0.1, 0.15) is 15.9 Å². The zero-order chi connectivity index (χ0) is 23.6. The number of amides is 1. The largest absolute Gasteiger partial charge is 0.416 e. The second kappa shape index (κ2) is 9.02. The molecule has 1 N–H and O–H groups in total. The summed E-state index contributed by atoms with van der Waals surface area (Å²) in [6.07, 6.45) is -2.97. The first-order valence-electron chi connectivity index (χ1n) is 9.88. The second-order valence-corrected chi connectivity index (χ2v) is 9.83. The number of aromatic nitrogens is 1. The Hall–Kier alpha value is -3.12. The number of nitrogens with zero attached hydrogens (tertiary/aromatic N) is 3. The second-order valence-electron chi connectivity index (χ2n) is 7.27. The zero-order valence-electron chi connectivity index (χ0n) is 17.1. The van der Waals surface area contributed by atoms with Crippen molar-refractivity contribution < 1.29 is 26.4 Å². The van der Waals surface area contributed by atoms with Gasteiger partial charge in [-0.25, -0.2) is 13.4 Å². The van der Waals surface area contributed by atoms with Gasteiger partial charge in [0, 0.05) is 37.8 Å². The third kappa shape index (κ3) is 5.11. The number of para-hydroxylation sites is 1. The topological polar surface area (TPSA) is 82.6 Å². The van der Waals surface area contributed by atoms with Crippen molar-refractivity contribution in [3.8, 4) is 0 Å². The van der Waals surface area contributed by atoms with Crippen LogP contribution in [-0.2, 0) is 16.2 Å². The van der Waals surface area contributed by atoms with Crippen LogP contribution in [0.25, 0.3) is 0 Å². The van der Waals surface area contributed by atoms with E-state index in [0.717, 1.165) is 23.3 Å². The highest BCUT2D eigenvalue weighted by atomic mass is 32.2. The molecule has 1 saturated heterocycles. The summed E-state index contributed by atoms with van der Waals surface area (Å²) in [6.45, 7) is 2.01. The van der Waals surface area contributed by atoms with Crippen LogP contribution in [0.5, 0.6) is 0 Å². The minimum Gasteiger partial charge on any atom is -0.345 e. The molecular formula is C21H19F3N4O3S2. The molecule has 2 heterocycles. The molecule has 3 aromatic rings. The highest BCUT2D eigenvalue weighted by Crippen LogP contribution is 2.31. The van der Waals surface area contributed by atoms with E-state index in [1.165, 1.54) is 23.5 Å². The van der Waals surface area contributed by atoms with Crippen molar-refractivity contribution >= 4 is 38.1 Å². The number of hydrogen-bond donors (Lipinski definition) is 1. The fraction of sp³-hybridized carbons (Fsp3) is 0.238. The van der Waals surface area contributed by atoms with Gasteiger partial charge in [-0.05, 0) is 30.3 Å². The van der Waals surface area contributed by atoms with Crippen LogP contribution in [0.3, 0.4) is 0 Å².